The molecule has 184 valence electrons. The van der Waals surface area contributed by atoms with Crippen LogP contribution in [-0.4, -0.2) is 49.8 Å². The van der Waals surface area contributed by atoms with Gasteiger partial charge >= 0.3 is 0 Å². The van der Waals surface area contributed by atoms with E-state index < -0.39 is 0 Å². The molecule has 7 rings (SSSR count). The van der Waals surface area contributed by atoms with Crippen LogP contribution in [0.25, 0.3) is 10.9 Å². The molecule has 0 amide bonds. The van der Waals surface area contributed by atoms with Crippen LogP contribution in [0.4, 0.5) is 0 Å². The van der Waals surface area contributed by atoms with Gasteiger partial charge in [0.2, 0.25) is 0 Å². The second-order valence-corrected chi connectivity index (χ2v) is 9.95. The van der Waals surface area contributed by atoms with Gasteiger partial charge in [0.15, 0.2) is 17.3 Å². The summed E-state index contributed by atoms with van der Waals surface area (Å²) in [4.78, 5) is 19.1. The van der Waals surface area contributed by atoms with Crippen molar-refractivity contribution in [3.8, 4) is 11.5 Å². The number of aromatic amines is 1. The van der Waals surface area contributed by atoms with E-state index >= 15 is 0 Å². The van der Waals surface area contributed by atoms with E-state index in [2.05, 4.69) is 49.7 Å². The summed E-state index contributed by atoms with van der Waals surface area (Å²) in [6.07, 6.45) is 5.39. The first-order chi connectivity index (χ1) is 17.7. The van der Waals surface area contributed by atoms with Crippen LogP contribution in [-0.2, 0) is 13.0 Å². The quantitative estimate of drug-likeness (QED) is 0.473. The van der Waals surface area contributed by atoms with E-state index in [9.17, 15) is 4.79 Å². The molecular weight excluding hydrogens is 456 g/mol. The summed E-state index contributed by atoms with van der Waals surface area (Å²) < 4.78 is 13.5. The third-order valence-corrected chi connectivity index (χ3v) is 7.79. The molecule has 3 aliphatic rings. The second kappa shape index (κ2) is 8.74. The Morgan fingerprint density at radius 3 is 2.61 bits per heavy atom. The highest BCUT2D eigenvalue weighted by Crippen LogP contribution is 2.38. The summed E-state index contributed by atoms with van der Waals surface area (Å²) in [6.45, 7) is 2.57. The Labute approximate surface area is 208 Å². The predicted octanol–water partition coefficient (Wildman–Crippen LogP) is 3.55. The van der Waals surface area contributed by atoms with Gasteiger partial charge in [-0.15, -0.1) is 5.10 Å². The Kier molecular flexibility index (Phi) is 5.23. The number of benzene rings is 2. The number of aromatic nitrogens is 5. The number of tetrazole rings is 1. The maximum atomic E-state index is 13.6. The molecule has 1 fully saturated rings. The molecule has 4 heterocycles. The van der Waals surface area contributed by atoms with Crippen LogP contribution in [0.3, 0.4) is 0 Å². The van der Waals surface area contributed by atoms with Crippen molar-refractivity contribution in [1.29, 1.82) is 0 Å². The number of hydrogen-bond acceptors (Lipinski definition) is 7. The monoisotopic (exact) mass is 484 g/mol. The molecule has 0 bridgehead atoms. The minimum atomic E-state index is -0.365. The fraction of sp³-hybridized carbons (Fsp3) is 0.407. The highest BCUT2D eigenvalue weighted by Gasteiger charge is 2.34. The Bertz CT molecular complexity index is 1490. The number of nitrogens with zero attached hydrogens (tertiary/aromatic N) is 5. The number of fused-ring (bicyclic) bond motifs is 3. The van der Waals surface area contributed by atoms with Gasteiger partial charge in [0, 0.05) is 30.1 Å². The van der Waals surface area contributed by atoms with Crippen LogP contribution in [0, 0.1) is 0 Å². The molecule has 2 aliphatic heterocycles. The van der Waals surface area contributed by atoms with Crippen molar-refractivity contribution in [3.05, 3.63) is 75.3 Å². The molecule has 0 saturated heterocycles. The third-order valence-electron chi connectivity index (χ3n) is 7.79. The predicted molar refractivity (Wildman–Crippen MR) is 133 cm³/mol. The maximum Gasteiger partial charge on any atom is 0.253 e. The van der Waals surface area contributed by atoms with Crippen LogP contribution in [0.5, 0.6) is 11.5 Å². The number of rotatable bonds is 4. The average molecular weight is 485 g/mol. The van der Waals surface area contributed by atoms with E-state index in [1.54, 1.807) is 0 Å². The molecular formula is C27H28N6O3. The first-order valence-electron chi connectivity index (χ1n) is 12.8. The van der Waals surface area contributed by atoms with Gasteiger partial charge in [0.25, 0.3) is 5.56 Å². The van der Waals surface area contributed by atoms with Gasteiger partial charge < -0.3 is 14.5 Å². The van der Waals surface area contributed by atoms with E-state index in [1.165, 1.54) is 24.0 Å². The second-order valence-electron chi connectivity index (χ2n) is 9.95. The van der Waals surface area contributed by atoms with Crippen molar-refractivity contribution in [2.45, 2.75) is 50.7 Å². The summed E-state index contributed by atoms with van der Waals surface area (Å²) in [6, 6.07) is 14.2. The van der Waals surface area contributed by atoms with E-state index in [0.29, 0.717) is 30.3 Å². The van der Waals surface area contributed by atoms with Crippen molar-refractivity contribution >= 4 is 10.9 Å². The molecule has 36 heavy (non-hydrogen) atoms. The van der Waals surface area contributed by atoms with Gasteiger partial charge in [-0.1, -0.05) is 37.1 Å². The smallest absolute Gasteiger partial charge is 0.253 e. The number of H-pyrrole nitrogens is 1. The largest absolute Gasteiger partial charge is 0.486 e. The third kappa shape index (κ3) is 3.65. The highest BCUT2D eigenvalue weighted by molar-refractivity contribution is 5.83. The molecule has 0 unspecified atom stereocenters. The maximum absolute atomic E-state index is 13.6. The Morgan fingerprint density at radius 1 is 1.00 bits per heavy atom. The first kappa shape index (κ1) is 21.6. The Hall–Kier alpha value is -3.72. The standard InChI is InChI=1S/C27H28N6O3/c34-27-21(13-19-14-23-24(15-22(19)28-27)36-12-11-35-23)25(26-29-30-31-33(26)20-7-3-4-8-20)32-10-9-17-5-1-2-6-18(17)16-32/h1-2,5-6,13-15,20,25H,3-4,7-12,16H2,(H,28,34)/t25-/m1/s1. The van der Waals surface area contributed by atoms with E-state index in [-0.39, 0.29) is 17.6 Å². The van der Waals surface area contributed by atoms with Crippen molar-refractivity contribution in [1.82, 2.24) is 30.1 Å². The van der Waals surface area contributed by atoms with Crippen molar-refractivity contribution in [2.24, 2.45) is 0 Å². The summed E-state index contributed by atoms with van der Waals surface area (Å²) in [5.74, 6) is 2.10. The van der Waals surface area contributed by atoms with Crippen LogP contribution in [0.2, 0.25) is 0 Å². The van der Waals surface area contributed by atoms with E-state index in [4.69, 9.17) is 9.47 Å². The number of hydrogen-bond donors (Lipinski definition) is 1. The lowest BCUT2D eigenvalue weighted by Gasteiger charge is -2.35. The SMILES string of the molecule is O=c1[nH]c2cc3c(cc2cc1[C@H](c1nnnn1C1CCCC1)N1CCc2ccccc2C1)OCCO3. The minimum Gasteiger partial charge on any atom is -0.486 e. The zero-order valence-corrected chi connectivity index (χ0v) is 20.0. The topological polar surface area (TPSA) is 98.2 Å². The van der Waals surface area contributed by atoms with E-state index in [1.807, 2.05) is 22.9 Å². The lowest BCUT2D eigenvalue weighted by atomic mass is 9.95. The molecule has 0 spiro atoms. The fourth-order valence-electron chi connectivity index (χ4n) is 5.99. The zero-order valence-electron chi connectivity index (χ0n) is 20.0. The fourth-order valence-corrected chi connectivity index (χ4v) is 5.99. The average Bonchev–Trinajstić information content (AvgIpc) is 3.60. The lowest BCUT2D eigenvalue weighted by Crippen LogP contribution is -2.39. The van der Waals surface area contributed by atoms with E-state index in [0.717, 1.165) is 49.1 Å². The van der Waals surface area contributed by atoms with Gasteiger partial charge in [-0.2, -0.15) is 0 Å². The first-order valence-corrected chi connectivity index (χ1v) is 12.8. The molecule has 1 aliphatic carbocycles. The van der Waals surface area contributed by atoms with Crippen molar-refractivity contribution in [3.63, 3.8) is 0 Å². The summed E-state index contributed by atoms with van der Waals surface area (Å²) in [7, 11) is 0. The van der Waals surface area contributed by atoms with Gasteiger partial charge in [-0.3, -0.25) is 9.69 Å². The van der Waals surface area contributed by atoms with Crippen LogP contribution >= 0.6 is 0 Å². The van der Waals surface area contributed by atoms with Crippen LogP contribution in [0.15, 0.2) is 47.3 Å². The molecule has 2 aromatic heterocycles. The number of ether oxygens (including phenoxy) is 2. The van der Waals surface area contributed by atoms with Gasteiger partial charge in [-0.25, -0.2) is 4.68 Å². The molecule has 1 N–H and O–H groups in total. The molecule has 4 aromatic rings. The molecule has 1 saturated carbocycles. The summed E-state index contributed by atoms with van der Waals surface area (Å²) in [5.41, 5.74) is 3.88. The van der Waals surface area contributed by atoms with Gasteiger partial charge in [-0.05, 0) is 52.9 Å². The normalized spacial score (nSPS) is 18.9. The van der Waals surface area contributed by atoms with Gasteiger partial charge in [0.05, 0.1) is 11.6 Å². The van der Waals surface area contributed by atoms with Gasteiger partial charge in [0.1, 0.15) is 19.3 Å². The van der Waals surface area contributed by atoms with Crippen molar-refractivity contribution < 1.29 is 9.47 Å². The highest BCUT2D eigenvalue weighted by atomic mass is 16.6. The number of nitrogens with one attached hydrogen (secondary N) is 1. The molecule has 9 nitrogen and oxygen atoms in total. The molecule has 2 aromatic carbocycles. The Balaban J connectivity index is 1.37. The van der Waals surface area contributed by atoms with Crippen LogP contribution < -0.4 is 15.0 Å². The number of pyridine rings is 1. The minimum absolute atomic E-state index is 0.135. The van der Waals surface area contributed by atoms with Crippen molar-refractivity contribution in [2.75, 3.05) is 19.8 Å². The molecule has 0 radical (unpaired) electrons. The summed E-state index contributed by atoms with van der Waals surface area (Å²) >= 11 is 0. The zero-order chi connectivity index (χ0) is 24.1. The molecule has 9 heteroatoms. The van der Waals surface area contributed by atoms with Crippen LogP contribution in [0.1, 0.15) is 60.3 Å². The molecule has 1 atom stereocenters. The summed E-state index contributed by atoms with van der Waals surface area (Å²) in [5, 5.41) is 13.9. The Morgan fingerprint density at radius 2 is 1.78 bits per heavy atom. The lowest BCUT2D eigenvalue weighted by molar-refractivity contribution is 0.172.